The fourth-order valence-corrected chi connectivity index (χ4v) is 14.4. The van der Waals surface area contributed by atoms with E-state index in [0.29, 0.717) is 49.2 Å². The summed E-state index contributed by atoms with van der Waals surface area (Å²) in [5.74, 6) is -8.16. The van der Waals surface area contributed by atoms with Crippen LogP contribution in [0.3, 0.4) is 0 Å². The molecule has 2 N–H and O–H groups in total. The number of ether oxygens (including phenoxy) is 2. The zero-order chi connectivity index (χ0) is 43.5. The number of halogens is 5. The zero-order valence-electron chi connectivity index (χ0n) is 34.3. The van der Waals surface area contributed by atoms with Crippen molar-refractivity contribution < 1.29 is 54.3 Å². The van der Waals surface area contributed by atoms with Crippen molar-refractivity contribution in [2.24, 2.45) is 26.4 Å². The molecule has 1 heterocycles. The molecule has 1 spiro atoms. The standard InChI is InChI=1S/C45H52F5NO7S2/c1-28-6-14-33(15-7-28)60(55,56)51-59(5,54)32-16-12-30(13-17-32)29-8-10-31(11-9-29)35-24-40(4)36(20-23-43(40,53)44(46,47)45(48,49)50)34-18-21-41(52)25-42(22-19-37(41)38(34)35)57-26-39(2,3)27-58-42/h6-17,34-36,52-53H,18-27H2,1-5H3/t34?,35?,36?,40?,41-,43+,59+/m1/s1. The van der Waals surface area contributed by atoms with Gasteiger partial charge in [0.25, 0.3) is 10.0 Å². The van der Waals surface area contributed by atoms with Crippen LogP contribution in [0.15, 0.2) is 97.5 Å². The Balaban J connectivity index is 1.15. The Morgan fingerprint density at radius 1 is 0.767 bits per heavy atom. The van der Waals surface area contributed by atoms with E-state index in [9.17, 15) is 36.0 Å². The number of allylic oxidation sites excluding steroid dienone is 1. The van der Waals surface area contributed by atoms with E-state index in [1.807, 2.05) is 20.8 Å². The van der Waals surface area contributed by atoms with Crippen LogP contribution < -0.4 is 0 Å². The highest BCUT2D eigenvalue weighted by Gasteiger charge is 2.79. The van der Waals surface area contributed by atoms with E-state index in [4.69, 9.17) is 9.47 Å². The molecule has 4 fully saturated rings. The predicted octanol–water partition coefficient (Wildman–Crippen LogP) is 9.73. The van der Waals surface area contributed by atoms with Crippen molar-refractivity contribution in [2.75, 3.05) is 19.5 Å². The number of rotatable bonds is 6. The Hall–Kier alpha value is -3.21. The molecule has 1 saturated heterocycles. The quantitative estimate of drug-likeness (QED) is 0.187. The molecule has 326 valence electrons. The van der Waals surface area contributed by atoms with E-state index in [2.05, 4.69) is 3.77 Å². The summed E-state index contributed by atoms with van der Waals surface area (Å²) < 4.78 is 130. The molecular formula is C45H52F5NO7S2. The fourth-order valence-electron chi connectivity index (χ4n) is 11.1. The van der Waals surface area contributed by atoms with Gasteiger partial charge in [0.15, 0.2) is 5.79 Å². The molecule has 3 saturated carbocycles. The highest BCUT2D eigenvalue weighted by atomic mass is 32.3. The zero-order valence-corrected chi connectivity index (χ0v) is 36.0. The first-order valence-electron chi connectivity index (χ1n) is 20.4. The molecule has 8 rings (SSSR count). The second-order valence-electron chi connectivity index (χ2n) is 19.0. The van der Waals surface area contributed by atoms with Gasteiger partial charge in [-0.1, -0.05) is 80.4 Å². The number of aliphatic hydroxyl groups is 2. The molecule has 15 heteroatoms. The fraction of sp³-hybridized carbons (Fsp3) is 0.556. The second-order valence-corrected chi connectivity index (χ2v) is 23.1. The van der Waals surface area contributed by atoms with Crippen molar-refractivity contribution in [3.05, 3.63) is 95.1 Å². The highest BCUT2D eigenvalue weighted by Crippen LogP contribution is 2.71. The van der Waals surface area contributed by atoms with Gasteiger partial charge < -0.3 is 19.7 Å². The average Bonchev–Trinajstić information content (AvgIpc) is 3.46. The molecule has 60 heavy (non-hydrogen) atoms. The summed E-state index contributed by atoms with van der Waals surface area (Å²) in [5.41, 5.74) is -2.17. The van der Waals surface area contributed by atoms with Crippen LogP contribution in [-0.2, 0) is 29.2 Å². The molecule has 0 amide bonds. The van der Waals surface area contributed by atoms with E-state index in [-0.39, 0.29) is 40.9 Å². The van der Waals surface area contributed by atoms with Crippen LogP contribution in [0.1, 0.15) is 89.2 Å². The highest BCUT2D eigenvalue weighted by molar-refractivity contribution is 8.03. The second kappa shape index (κ2) is 14.2. The number of nitrogens with zero attached hydrogens (tertiary/aromatic N) is 1. The summed E-state index contributed by atoms with van der Waals surface area (Å²) in [5, 5.41) is 24.2. The smallest absolute Gasteiger partial charge is 0.385 e. The molecule has 4 aliphatic carbocycles. The number of benzene rings is 3. The van der Waals surface area contributed by atoms with Gasteiger partial charge in [-0.25, -0.2) is 4.21 Å². The van der Waals surface area contributed by atoms with Gasteiger partial charge in [-0.2, -0.15) is 30.4 Å². The van der Waals surface area contributed by atoms with Crippen LogP contribution in [0, 0.1) is 29.6 Å². The van der Waals surface area contributed by atoms with Gasteiger partial charge in [0.1, 0.15) is 5.60 Å². The number of hydrogen-bond acceptors (Lipinski definition) is 7. The predicted molar refractivity (Wildman–Crippen MR) is 216 cm³/mol. The van der Waals surface area contributed by atoms with Crippen LogP contribution in [0.5, 0.6) is 0 Å². The number of alkyl halides is 5. The van der Waals surface area contributed by atoms with Crippen molar-refractivity contribution in [1.29, 1.82) is 0 Å². The van der Waals surface area contributed by atoms with Crippen LogP contribution in [-0.4, -0.2) is 71.4 Å². The van der Waals surface area contributed by atoms with Gasteiger partial charge >= 0.3 is 12.1 Å². The maximum atomic E-state index is 15.6. The minimum absolute atomic E-state index is 0.0132. The van der Waals surface area contributed by atoms with Crippen molar-refractivity contribution in [3.63, 3.8) is 0 Å². The molecule has 3 aromatic rings. The summed E-state index contributed by atoms with van der Waals surface area (Å²) >= 11 is 0. The first-order valence-corrected chi connectivity index (χ1v) is 23.8. The molecule has 3 aromatic carbocycles. The number of hydrogen-bond donors (Lipinski definition) is 2. The maximum Gasteiger partial charge on any atom is 0.456 e. The summed E-state index contributed by atoms with van der Waals surface area (Å²) in [6.45, 7) is 8.17. The van der Waals surface area contributed by atoms with E-state index in [1.54, 1.807) is 60.7 Å². The SMILES string of the molecule is Cc1ccc(S(=O)(=O)N=[S@@](C)(=O)c2ccc(-c3ccc(C4CC5(C)C(CC[C@@]5(O)C(F)(F)C(F)(F)F)C5CC[C@@]6(O)CC7(CCC6=C45)OCC(C)(C)CO7)cc3)cc2)cc1. The third kappa shape index (κ3) is 6.97. The topological polar surface area (TPSA) is 122 Å². The minimum Gasteiger partial charge on any atom is -0.385 e. The summed E-state index contributed by atoms with van der Waals surface area (Å²) in [4.78, 5) is 0.132. The number of aryl methyl sites for hydroxylation is 1. The Morgan fingerprint density at radius 3 is 1.92 bits per heavy atom. The van der Waals surface area contributed by atoms with Crippen LogP contribution in [0.25, 0.3) is 11.1 Å². The number of sulfonamides is 1. The first kappa shape index (κ1) is 43.4. The largest absolute Gasteiger partial charge is 0.456 e. The van der Waals surface area contributed by atoms with Crippen molar-refractivity contribution in [1.82, 2.24) is 0 Å². The Bertz CT molecular complexity index is 2430. The molecule has 5 aliphatic rings. The van der Waals surface area contributed by atoms with Crippen LogP contribution >= 0.6 is 0 Å². The third-order valence-corrected chi connectivity index (χ3v) is 18.3. The molecule has 0 bridgehead atoms. The summed E-state index contributed by atoms with van der Waals surface area (Å²) in [7, 11) is -7.60. The summed E-state index contributed by atoms with van der Waals surface area (Å²) in [6, 6.07) is 19.7. The Morgan fingerprint density at radius 2 is 1.33 bits per heavy atom. The lowest BCUT2D eigenvalue weighted by molar-refractivity contribution is -0.362. The molecule has 7 atom stereocenters. The maximum absolute atomic E-state index is 15.6. The van der Waals surface area contributed by atoms with Gasteiger partial charge in [0.2, 0.25) is 0 Å². The van der Waals surface area contributed by atoms with Crippen molar-refractivity contribution >= 4 is 19.8 Å². The van der Waals surface area contributed by atoms with Gasteiger partial charge in [0.05, 0.1) is 33.4 Å². The van der Waals surface area contributed by atoms with E-state index in [0.717, 1.165) is 16.7 Å². The van der Waals surface area contributed by atoms with E-state index >= 15 is 8.78 Å². The van der Waals surface area contributed by atoms with Crippen molar-refractivity contribution in [2.45, 2.75) is 124 Å². The third-order valence-electron chi connectivity index (χ3n) is 14.4. The lowest BCUT2D eigenvalue weighted by Gasteiger charge is -2.59. The van der Waals surface area contributed by atoms with E-state index < -0.39 is 78.4 Å². The molecule has 8 nitrogen and oxygen atoms in total. The number of fused-ring (bicyclic) bond motifs is 4. The van der Waals surface area contributed by atoms with Gasteiger partial charge in [0, 0.05) is 40.7 Å². The molecule has 1 aliphatic heterocycles. The monoisotopic (exact) mass is 877 g/mol. The molecular weight excluding hydrogens is 826 g/mol. The molecule has 0 radical (unpaired) electrons. The Labute approximate surface area is 348 Å². The lowest BCUT2D eigenvalue weighted by Crippen LogP contribution is -2.65. The van der Waals surface area contributed by atoms with Gasteiger partial charge in [-0.3, -0.25) is 0 Å². The molecule has 4 unspecified atom stereocenters. The van der Waals surface area contributed by atoms with Crippen LogP contribution in [0.4, 0.5) is 22.0 Å². The normalized spacial score (nSPS) is 32.4. The van der Waals surface area contributed by atoms with Gasteiger partial charge in [-0.15, -0.1) is 3.77 Å². The average molecular weight is 878 g/mol. The summed E-state index contributed by atoms with van der Waals surface area (Å²) in [6.07, 6.45) is -3.99. The van der Waals surface area contributed by atoms with Crippen molar-refractivity contribution in [3.8, 4) is 11.1 Å². The first-order chi connectivity index (χ1) is 27.8. The molecule has 0 aromatic heterocycles. The lowest BCUT2D eigenvalue weighted by atomic mass is 9.49. The van der Waals surface area contributed by atoms with E-state index in [1.165, 1.54) is 25.3 Å². The minimum atomic E-state index is -5.96. The van der Waals surface area contributed by atoms with Crippen LogP contribution in [0.2, 0.25) is 0 Å². The Kier molecular flexibility index (Phi) is 10.2. The van der Waals surface area contributed by atoms with Gasteiger partial charge in [-0.05, 0) is 104 Å².